The van der Waals surface area contributed by atoms with Crippen LogP contribution in [0.3, 0.4) is 0 Å². The van der Waals surface area contributed by atoms with E-state index < -0.39 is 23.3 Å². The Hall–Kier alpha value is -2.50. The molecule has 0 aromatic heterocycles. The maximum absolute atomic E-state index is 14.5. The predicted molar refractivity (Wildman–Crippen MR) is 109 cm³/mol. The van der Waals surface area contributed by atoms with Crippen molar-refractivity contribution in [2.75, 3.05) is 13.2 Å². The molecule has 0 bridgehead atoms. The molecule has 1 saturated carbocycles. The van der Waals surface area contributed by atoms with Gasteiger partial charge in [0, 0.05) is 5.56 Å². The molecule has 0 amide bonds. The first kappa shape index (κ1) is 22.2. The number of halogens is 4. The van der Waals surface area contributed by atoms with Gasteiger partial charge in [0.15, 0.2) is 23.1 Å². The zero-order valence-electron chi connectivity index (χ0n) is 17.2. The molecule has 0 atom stereocenters. The maximum atomic E-state index is 14.5. The van der Waals surface area contributed by atoms with Gasteiger partial charge in [0.05, 0.1) is 13.2 Å². The number of allylic oxidation sites excluding steroid dienone is 1. The molecule has 162 valence electrons. The first-order valence-corrected chi connectivity index (χ1v) is 10.3. The van der Waals surface area contributed by atoms with Crippen LogP contribution >= 0.6 is 0 Å². The largest absolute Gasteiger partial charge is 0.491 e. The third-order valence-corrected chi connectivity index (χ3v) is 5.73. The van der Waals surface area contributed by atoms with Crippen molar-refractivity contribution in [3.63, 3.8) is 0 Å². The van der Waals surface area contributed by atoms with Crippen molar-refractivity contribution >= 4 is 5.57 Å². The summed E-state index contributed by atoms with van der Waals surface area (Å²) in [5.74, 6) is -4.22. The minimum Gasteiger partial charge on any atom is -0.491 e. The molecule has 0 unspecified atom stereocenters. The Morgan fingerprint density at radius 1 is 0.800 bits per heavy atom. The molecule has 0 radical (unpaired) electrons. The van der Waals surface area contributed by atoms with Crippen LogP contribution in [0, 0.1) is 29.2 Å². The van der Waals surface area contributed by atoms with Crippen LogP contribution in [0.5, 0.6) is 11.5 Å². The van der Waals surface area contributed by atoms with E-state index in [0.717, 1.165) is 0 Å². The summed E-state index contributed by atoms with van der Waals surface area (Å²) < 4.78 is 67.6. The number of ether oxygens (including phenoxy) is 2. The van der Waals surface area contributed by atoms with Gasteiger partial charge < -0.3 is 9.47 Å². The number of benzene rings is 2. The van der Waals surface area contributed by atoms with Crippen LogP contribution in [0.4, 0.5) is 17.6 Å². The molecule has 3 rings (SSSR count). The zero-order chi connectivity index (χ0) is 21.8. The zero-order valence-corrected chi connectivity index (χ0v) is 17.2. The second-order valence-electron chi connectivity index (χ2n) is 7.46. The molecule has 0 aliphatic heterocycles. The number of hydrogen-bond donors (Lipinski definition) is 0. The molecule has 2 aromatic carbocycles. The molecule has 0 saturated heterocycles. The number of hydrogen-bond acceptors (Lipinski definition) is 2. The van der Waals surface area contributed by atoms with Gasteiger partial charge >= 0.3 is 0 Å². The Labute approximate surface area is 174 Å². The van der Waals surface area contributed by atoms with E-state index in [1.54, 1.807) is 19.9 Å². The van der Waals surface area contributed by atoms with Crippen molar-refractivity contribution in [1.82, 2.24) is 0 Å². The van der Waals surface area contributed by atoms with Crippen LogP contribution in [0.1, 0.15) is 56.6 Å². The molecule has 0 heterocycles. The van der Waals surface area contributed by atoms with E-state index in [9.17, 15) is 17.6 Å². The maximum Gasteiger partial charge on any atom is 0.201 e. The highest BCUT2D eigenvalue weighted by atomic mass is 19.2. The Morgan fingerprint density at radius 2 is 1.33 bits per heavy atom. The lowest BCUT2D eigenvalue weighted by Gasteiger charge is -2.30. The second kappa shape index (κ2) is 9.54. The fourth-order valence-corrected chi connectivity index (χ4v) is 4.15. The second-order valence-corrected chi connectivity index (χ2v) is 7.46. The first-order chi connectivity index (χ1) is 14.4. The predicted octanol–water partition coefficient (Wildman–Crippen LogP) is 7.03. The highest BCUT2D eigenvalue weighted by Gasteiger charge is 2.29. The average molecular weight is 422 g/mol. The molecular formula is C24H26F4O2. The van der Waals surface area contributed by atoms with Crippen molar-refractivity contribution in [2.24, 2.45) is 5.92 Å². The summed E-state index contributed by atoms with van der Waals surface area (Å²) in [6.07, 6.45) is 2.47. The lowest BCUT2D eigenvalue weighted by molar-refractivity contribution is 0.310. The van der Waals surface area contributed by atoms with Gasteiger partial charge in [-0.1, -0.05) is 12.6 Å². The summed E-state index contributed by atoms with van der Waals surface area (Å²) in [6.45, 7) is 7.89. The van der Waals surface area contributed by atoms with Crippen LogP contribution < -0.4 is 9.47 Å². The smallest absolute Gasteiger partial charge is 0.201 e. The van der Waals surface area contributed by atoms with E-state index in [1.165, 1.54) is 18.2 Å². The van der Waals surface area contributed by atoms with E-state index in [1.807, 2.05) is 0 Å². The Morgan fingerprint density at radius 3 is 1.90 bits per heavy atom. The van der Waals surface area contributed by atoms with Crippen molar-refractivity contribution in [3.8, 4) is 11.5 Å². The fraction of sp³-hybridized carbons (Fsp3) is 0.417. The molecule has 1 fully saturated rings. The van der Waals surface area contributed by atoms with Crippen molar-refractivity contribution in [3.05, 3.63) is 65.2 Å². The molecule has 0 N–H and O–H groups in total. The summed E-state index contributed by atoms with van der Waals surface area (Å²) in [6, 6.07) is 5.93. The SMILES string of the molecule is C=C(c1ccc(OCC)c(F)c1F)[C@H]1CC[C@H](c2ccc(OCC)c(F)c2F)CC1. The Bertz CT molecular complexity index is 918. The van der Waals surface area contributed by atoms with Gasteiger partial charge in [-0.15, -0.1) is 0 Å². The molecule has 2 aromatic rings. The molecular weight excluding hydrogens is 396 g/mol. The van der Waals surface area contributed by atoms with Crippen molar-refractivity contribution < 1.29 is 27.0 Å². The standard InChI is InChI=1S/C24H26F4O2/c1-4-29-19-12-10-17(21(25)23(19)27)14(3)15-6-8-16(9-7-15)18-11-13-20(30-5-2)24(28)22(18)26/h10-13,15-16H,3-9H2,1-2H3/t15-,16-. The van der Waals surface area contributed by atoms with Gasteiger partial charge in [-0.25, -0.2) is 8.78 Å². The Balaban J connectivity index is 1.71. The Kier molecular flexibility index (Phi) is 7.06. The van der Waals surface area contributed by atoms with Crippen molar-refractivity contribution in [2.45, 2.75) is 45.4 Å². The van der Waals surface area contributed by atoms with E-state index in [4.69, 9.17) is 9.47 Å². The lowest BCUT2D eigenvalue weighted by Crippen LogP contribution is -2.16. The summed E-state index contributed by atoms with van der Waals surface area (Å²) >= 11 is 0. The molecule has 0 spiro atoms. The van der Waals surface area contributed by atoms with Gasteiger partial charge in [-0.05, 0) is 80.7 Å². The summed E-state index contributed by atoms with van der Waals surface area (Å²) in [4.78, 5) is 0. The van der Waals surface area contributed by atoms with Crippen LogP contribution in [0.25, 0.3) is 5.57 Å². The molecule has 30 heavy (non-hydrogen) atoms. The molecule has 2 nitrogen and oxygen atoms in total. The van der Waals surface area contributed by atoms with Crippen LogP contribution in [-0.4, -0.2) is 13.2 Å². The van der Waals surface area contributed by atoms with Gasteiger partial charge in [-0.3, -0.25) is 0 Å². The van der Waals surface area contributed by atoms with Crippen LogP contribution in [-0.2, 0) is 0 Å². The highest BCUT2D eigenvalue weighted by Crippen LogP contribution is 2.43. The monoisotopic (exact) mass is 422 g/mol. The lowest BCUT2D eigenvalue weighted by atomic mass is 9.74. The van der Waals surface area contributed by atoms with Gasteiger partial charge in [-0.2, -0.15) is 8.78 Å². The van der Waals surface area contributed by atoms with Crippen LogP contribution in [0.2, 0.25) is 0 Å². The third kappa shape index (κ3) is 4.32. The molecule has 1 aliphatic carbocycles. The van der Waals surface area contributed by atoms with Crippen LogP contribution in [0.15, 0.2) is 30.8 Å². The highest BCUT2D eigenvalue weighted by molar-refractivity contribution is 5.66. The molecule has 6 heteroatoms. The van der Waals surface area contributed by atoms with Gasteiger partial charge in [0.1, 0.15) is 0 Å². The quantitative estimate of drug-likeness (QED) is 0.446. The normalized spacial score (nSPS) is 18.9. The van der Waals surface area contributed by atoms with Gasteiger partial charge in [0.25, 0.3) is 0 Å². The minimum atomic E-state index is -1.02. The van der Waals surface area contributed by atoms with E-state index in [-0.39, 0.29) is 42.1 Å². The van der Waals surface area contributed by atoms with E-state index in [2.05, 4.69) is 6.58 Å². The summed E-state index contributed by atoms with van der Waals surface area (Å²) in [5.41, 5.74) is 0.988. The van der Waals surface area contributed by atoms with Gasteiger partial charge in [0.2, 0.25) is 11.6 Å². The first-order valence-electron chi connectivity index (χ1n) is 10.3. The topological polar surface area (TPSA) is 18.5 Å². The summed E-state index contributed by atoms with van der Waals surface area (Å²) in [5, 5.41) is 0. The molecule has 1 aliphatic rings. The van der Waals surface area contributed by atoms with E-state index in [0.29, 0.717) is 36.8 Å². The average Bonchev–Trinajstić information content (AvgIpc) is 2.75. The summed E-state index contributed by atoms with van der Waals surface area (Å²) in [7, 11) is 0. The fourth-order valence-electron chi connectivity index (χ4n) is 4.15. The minimum absolute atomic E-state index is 0.0521. The number of rotatable bonds is 7. The third-order valence-electron chi connectivity index (χ3n) is 5.73. The van der Waals surface area contributed by atoms with E-state index >= 15 is 0 Å². The van der Waals surface area contributed by atoms with Crippen molar-refractivity contribution in [1.29, 1.82) is 0 Å².